The summed E-state index contributed by atoms with van der Waals surface area (Å²) in [6, 6.07) is 0. The van der Waals surface area contributed by atoms with Crippen LogP contribution in [0.15, 0.2) is 0 Å². The summed E-state index contributed by atoms with van der Waals surface area (Å²) in [7, 11) is 0. The van der Waals surface area contributed by atoms with Gasteiger partial charge in [0.05, 0.1) is 50.1 Å². The van der Waals surface area contributed by atoms with Crippen molar-refractivity contribution in [3.63, 3.8) is 0 Å². The largest absolute Gasteiger partial charge is 1.00 e. The smallest absolute Gasteiger partial charge is 0.549 e. The SMILES string of the molecule is O=C(O)CN(CCN(CC(=O)O)CC(=O)O)CC(=O)O.O=C([O-])CN(CCN(CC(=O)[O-])CC(=O)[O-])CC(=O)[O-].[Na+].[Na+].[Na+].[Na+]. The molecule has 0 aromatic carbocycles. The first-order chi connectivity index (χ1) is 18.4. The topological polar surface area (TPSA) is 323 Å². The van der Waals surface area contributed by atoms with Gasteiger partial charge in [0.15, 0.2) is 0 Å². The van der Waals surface area contributed by atoms with E-state index in [2.05, 4.69) is 0 Å². The Morgan fingerprint density at radius 1 is 0.341 bits per heavy atom. The van der Waals surface area contributed by atoms with Gasteiger partial charge in [-0.1, -0.05) is 0 Å². The molecule has 0 saturated carbocycles. The van der Waals surface area contributed by atoms with Gasteiger partial charge in [-0.15, -0.1) is 0 Å². The van der Waals surface area contributed by atoms with Gasteiger partial charge in [-0.3, -0.25) is 38.8 Å². The molecule has 0 aliphatic carbocycles. The summed E-state index contributed by atoms with van der Waals surface area (Å²) in [5.74, 6) is -11.0. The molecule has 0 aliphatic rings. The summed E-state index contributed by atoms with van der Waals surface area (Å²) in [5.41, 5.74) is 0. The van der Waals surface area contributed by atoms with Gasteiger partial charge in [-0.25, -0.2) is 0 Å². The normalized spacial score (nSPS) is 9.73. The molecule has 0 aromatic rings. The van der Waals surface area contributed by atoms with E-state index in [1.165, 1.54) is 0 Å². The fraction of sp³-hybridized carbons (Fsp3) is 0.600. The Hall–Kier alpha value is -0.400. The molecule has 44 heavy (non-hydrogen) atoms. The summed E-state index contributed by atoms with van der Waals surface area (Å²) >= 11 is 0. The molecular weight excluding hydrogens is 644 g/mol. The summed E-state index contributed by atoms with van der Waals surface area (Å²) in [4.78, 5) is 87.8. The van der Waals surface area contributed by atoms with E-state index in [1.54, 1.807) is 0 Å². The van der Waals surface area contributed by atoms with Crippen molar-refractivity contribution in [3.8, 4) is 0 Å². The predicted octanol–water partition coefficient (Wildman–Crippen LogP) is -21.5. The molecule has 0 radical (unpaired) electrons. The number of aliphatic carboxylic acids is 8. The average molecular weight is 672 g/mol. The third kappa shape index (κ3) is 39.6. The predicted molar refractivity (Wildman–Crippen MR) is 116 cm³/mol. The van der Waals surface area contributed by atoms with Crippen molar-refractivity contribution in [3.05, 3.63) is 0 Å². The van der Waals surface area contributed by atoms with Crippen molar-refractivity contribution < 1.29 is 197 Å². The monoisotopic (exact) mass is 672 g/mol. The van der Waals surface area contributed by atoms with Crippen molar-refractivity contribution >= 4 is 47.8 Å². The minimum absolute atomic E-state index is 0. The maximum atomic E-state index is 10.6. The molecule has 0 atom stereocenters. The zero-order chi connectivity index (χ0) is 31.4. The fourth-order valence-corrected chi connectivity index (χ4v) is 2.92. The number of nitrogens with zero attached hydrogens (tertiary/aromatic N) is 4. The van der Waals surface area contributed by atoms with Gasteiger partial charge in [-0.05, 0) is 0 Å². The van der Waals surface area contributed by atoms with Crippen LogP contribution in [0.2, 0.25) is 0 Å². The molecule has 228 valence electrons. The fourth-order valence-electron chi connectivity index (χ4n) is 2.92. The number of hydrogen-bond acceptors (Lipinski definition) is 16. The summed E-state index contributed by atoms with van der Waals surface area (Å²) < 4.78 is 0. The molecule has 0 aliphatic heterocycles. The Bertz CT molecular complexity index is 722. The van der Waals surface area contributed by atoms with Gasteiger partial charge >= 0.3 is 142 Å². The quantitative estimate of drug-likeness (QED) is 0.0775. The second-order valence-electron chi connectivity index (χ2n) is 7.91. The van der Waals surface area contributed by atoms with Crippen molar-refractivity contribution in [2.75, 3.05) is 78.5 Å². The number of carboxylic acid groups (broad SMARTS) is 8. The van der Waals surface area contributed by atoms with Crippen LogP contribution < -0.4 is 139 Å². The molecule has 4 N–H and O–H groups in total. The molecule has 0 heterocycles. The molecule has 0 bridgehead atoms. The first-order valence-corrected chi connectivity index (χ1v) is 11.0. The molecule has 20 nitrogen and oxygen atoms in total. The maximum Gasteiger partial charge on any atom is 1.00 e. The van der Waals surface area contributed by atoms with Crippen LogP contribution in [0, 0.1) is 0 Å². The van der Waals surface area contributed by atoms with Crippen LogP contribution >= 0.6 is 0 Å². The van der Waals surface area contributed by atoms with Crippen LogP contribution in [0.25, 0.3) is 0 Å². The zero-order valence-corrected chi connectivity index (χ0v) is 33.0. The van der Waals surface area contributed by atoms with Gasteiger partial charge in [-0.2, -0.15) is 0 Å². The van der Waals surface area contributed by atoms with E-state index in [0.717, 1.165) is 19.6 Å². The summed E-state index contributed by atoms with van der Waals surface area (Å²) in [6.07, 6.45) is 0. The number of hydrogen-bond donors (Lipinski definition) is 4. The molecule has 0 unspecified atom stereocenters. The van der Waals surface area contributed by atoms with Gasteiger partial charge in [0.1, 0.15) is 0 Å². The zero-order valence-electron chi connectivity index (χ0n) is 25.0. The van der Waals surface area contributed by atoms with Gasteiger partial charge in [0.25, 0.3) is 0 Å². The molecular formula is C20H28N4Na4O16. The van der Waals surface area contributed by atoms with Crippen molar-refractivity contribution in [1.29, 1.82) is 0 Å². The van der Waals surface area contributed by atoms with Crippen LogP contribution in [-0.2, 0) is 38.4 Å². The number of rotatable bonds is 22. The first kappa shape index (κ1) is 56.0. The van der Waals surface area contributed by atoms with E-state index in [9.17, 15) is 58.8 Å². The summed E-state index contributed by atoms with van der Waals surface area (Å²) in [5, 5.41) is 76.1. The number of carbonyl (C=O) groups is 8. The molecule has 0 fully saturated rings. The van der Waals surface area contributed by atoms with Gasteiger partial charge in [0.2, 0.25) is 0 Å². The van der Waals surface area contributed by atoms with Gasteiger partial charge in [0, 0.05) is 52.4 Å². The third-order valence-electron chi connectivity index (χ3n) is 4.31. The molecule has 0 spiro atoms. The van der Waals surface area contributed by atoms with Crippen molar-refractivity contribution in [2.45, 2.75) is 0 Å². The molecule has 0 saturated heterocycles. The van der Waals surface area contributed by atoms with E-state index in [-0.39, 0.29) is 144 Å². The van der Waals surface area contributed by atoms with Crippen LogP contribution in [-0.4, -0.2) is 166 Å². The van der Waals surface area contributed by atoms with E-state index in [0.29, 0.717) is 0 Å². The molecule has 0 rings (SSSR count). The Morgan fingerprint density at radius 2 is 0.477 bits per heavy atom. The molecule has 0 aromatic heterocycles. The standard InChI is InChI=1S/2C10H16N2O8.4Na/c2*13-7(14)3-11(4-8(15)16)1-2-12(5-9(17)18)6-10(19)20;;;;/h2*1-6H2,(H,13,14)(H,15,16)(H,17,18)(H,19,20);;;;/q;;4*+1/p-4. The van der Waals surface area contributed by atoms with Gasteiger partial charge < -0.3 is 60.0 Å². The van der Waals surface area contributed by atoms with Crippen LogP contribution in [0.1, 0.15) is 0 Å². The second-order valence-corrected chi connectivity index (χ2v) is 7.91. The van der Waals surface area contributed by atoms with Crippen LogP contribution in [0.5, 0.6) is 0 Å². The van der Waals surface area contributed by atoms with E-state index in [1.807, 2.05) is 0 Å². The number of carbonyl (C=O) groups excluding carboxylic acids is 4. The second kappa shape index (κ2) is 32.5. The Kier molecular flexibility index (Phi) is 41.4. The number of carboxylic acids is 8. The molecule has 24 heteroatoms. The minimum Gasteiger partial charge on any atom is -0.549 e. The van der Waals surface area contributed by atoms with Crippen LogP contribution in [0.3, 0.4) is 0 Å². The summed E-state index contributed by atoms with van der Waals surface area (Å²) in [6.45, 7) is -5.50. The Morgan fingerprint density at radius 3 is 0.591 bits per heavy atom. The van der Waals surface area contributed by atoms with Crippen LogP contribution in [0.4, 0.5) is 0 Å². The minimum atomic E-state index is -1.53. The van der Waals surface area contributed by atoms with E-state index < -0.39 is 100 Å². The Balaban J connectivity index is -0.000000150. The van der Waals surface area contributed by atoms with Crippen molar-refractivity contribution in [1.82, 2.24) is 19.6 Å². The Labute approximate surface area is 339 Å². The van der Waals surface area contributed by atoms with Crippen molar-refractivity contribution in [2.24, 2.45) is 0 Å². The third-order valence-corrected chi connectivity index (χ3v) is 4.31. The molecule has 0 amide bonds. The van der Waals surface area contributed by atoms with E-state index >= 15 is 0 Å². The van der Waals surface area contributed by atoms with E-state index in [4.69, 9.17) is 20.4 Å². The average Bonchev–Trinajstić information content (AvgIpc) is 2.72. The first-order valence-electron chi connectivity index (χ1n) is 11.0. The maximum absolute atomic E-state index is 10.6.